The highest BCUT2D eigenvalue weighted by Crippen LogP contribution is 2.39. The van der Waals surface area contributed by atoms with Crippen molar-refractivity contribution < 1.29 is 19.4 Å². The molecule has 0 unspecified atom stereocenters. The number of hydrogen-bond acceptors (Lipinski definition) is 4. The van der Waals surface area contributed by atoms with Crippen LogP contribution in [-0.2, 0) is 14.3 Å². The van der Waals surface area contributed by atoms with Crippen LogP contribution in [0.2, 0.25) is 0 Å². The second-order valence-corrected chi connectivity index (χ2v) is 5.49. The third-order valence-electron chi connectivity index (χ3n) is 4.11. The molecule has 0 aromatic rings. The van der Waals surface area contributed by atoms with Gasteiger partial charge in [-0.3, -0.25) is 0 Å². The molecule has 18 heavy (non-hydrogen) atoms. The molecule has 2 fully saturated rings. The number of allylic oxidation sites excluding steroid dienone is 1. The Morgan fingerprint density at radius 1 is 1.44 bits per heavy atom. The maximum atomic E-state index is 11.6. The minimum Gasteiger partial charge on any atom is -0.454 e. The lowest BCUT2D eigenvalue weighted by atomic mass is 9.86. The fourth-order valence-electron chi connectivity index (χ4n) is 2.95. The average Bonchev–Trinajstić information content (AvgIpc) is 2.97. The van der Waals surface area contributed by atoms with Gasteiger partial charge in [-0.2, -0.15) is 0 Å². The SMILES string of the molecule is C=C1C(=O)O[C@@H]2/C=C(\C)CC[C@H]3O[C@@H]3C[C@H](O)[C@@H]12. The van der Waals surface area contributed by atoms with Crippen molar-refractivity contribution in [1.82, 2.24) is 0 Å². The van der Waals surface area contributed by atoms with Crippen molar-refractivity contribution in [1.29, 1.82) is 0 Å². The molecule has 2 saturated heterocycles. The third kappa shape index (κ3) is 1.99. The first-order valence-corrected chi connectivity index (χ1v) is 6.47. The van der Waals surface area contributed by atoms with Crippen molar-refractivity contribution in [3.63, 3.8) is 0 Å². The predicted molar refractivity (Wildman–Crippen MR) is 64.8 cm³/mol. The van der Waals surface area contributed by atoms with E-state index in [1.807, 2.05) is 13.0 Å². The molecule has 0 aromatic carbocycles. The molecule has 0 spiro atoms. The Bertz CT molecular complexity index is 426. The number of rotatable bonds is 0. The first kappa shape index (κ1) is 11.9. The molecule has 0 bridgehead atoms. The van der Waals surface area contributed by atoms with Gasteiger partial charge in [0.15, 0.2) is 0 Å². The van der Waals surface area contributed by atoms with Crippen LogP contribution in [0.1, 0.15) is 26.2 Å². The second kappa shape index (κ2) is 4.21. The van der Waals surface area contributed by atoms with Gasteiger partial charge in [-0.25, -0.2) is 4.79 Å². The maximum absolute atomic E-state index is 11.6. The van der Waals surface area contributed by atoms with E-state index in [4.69, 9.17) is 9.47 Å². The van der Waals surface area contributed by atoms with E-state index in [0.717, 1.165) is 12.8 Å². The van der Waals surface area contributed by atoms with Gasteiger partial charge >= 0.3 is 5.97 Å². The highest BCUT2D eigenvalue weighted by Gasteiger charge is 2.47. The summed E-state index contributed by atoms with van der Waals surface area (Å²) in [6.07, 6.45) is 3.86. The third-order valence-corrected chi connectivity index (χ3v) is 4.11. The number of hydrogen-bond donors (Lipinski definition) is 1. The second-order valence-electron chi connectivity index (χ2n) is 5.49. The molecule has 4 nitrogen and oxygen atoms in total. The summed E-state index contributed by atoms with van der Waals surface area (Å²) in [4.78, 5) is 11.6. The summed E-state index contributed by atoms with van der Waals surface area (Å²) in [5.74, 6) is -0.712. The van der Waals surface area contributed by atoms with Gasteiger partial charge in [0, 0.05) is 12.0 Å². The van der Waals surface area contributed by atoms with Crippen LogP contribution in [0, 0.1) is 5.92 Å². The molecule has 1 aliphatic carbocycles. The van der Waals surface area contributed by atoms with E-state index >= 15 is 0 Å². The van der Waals surface area contributed by atoms with Crippen LogP contribution >= 0.6 is 0 Å². The maximum Gasteiger partial charge on any atom is 0.334 e. The van der Waals surface area contributed by atoms with Gasteiger partial charge in [0.1, 0.15) is 6.10 Å². The highest BCUT2D eigenvalue weighted by molar-refractivity contribution is 5.91. The molecule has 0 aromatic heterocycles. The van der Waals surface area contributed by atoms with E-state index in [9.17, 15) is 9.90 Å². The zero-order valence-corrected chi connectivity index (χ0v) is 10.5. The monoisotopic (exact) mass is 250 g/mol. The van der Waals surface area contributed by atoms with E-state index in [1.165, 1.54) is 5.57 Å². The number of ether oxygens (including phenoxy) is 2. The molecule has 0 amide bonds. The number of epoxide rings is 1. The van der Waals surface area contributed by atoms with E-state index < -0.39 is 6.10 Å². The van der Waals surface area contributed by atoms with E-state index in [2.05, 4.69) is 6.58 Å². The molecule has 1 N–H and O–H groups in total. The fourth-order valence-corrected chi connectivity index (χ4v) is 2.95. The zero-order chi connectivity index (χ0) is 12.9. The van der Waals surface area contributed by atoms with Gasteiger partial charge in [-0.05, 0) is 25.8 Å². The molecule has 4 heteroatoms. The standard InChI is InChI=1S/C14H18O4/c1-7-3-4-10-11(17-10)6-9(15)13-8(2)14(16)18-12(13)5-7/h5,9-13,15H,2-4,6H2,1H3/b7-5+/t9-,10+,11+,12+,13+/m0/s1. The smallest absolute Gasteiger partial charge is 0.334 e. The summed E-state index contributed by atoms with van der Waals surface area (Å²) in [5, 5.41) is 10.3. The van der Waals surface area contributed by atoms with Gasteiger partial charge < -0.3 is 14.6 Å². The molecule has 0 saturated carbocycles. The molecule has 0 radical (unpaired) electrons. The molecule has 2 aliphatic heterocycles. The average molecular weight is 250 g/mol. The summed E-state index contributed by atoms with van der Waals surface area (Å²) in [5.41, 5.74) is 1.56. The Morgan fingerprint density at radius 3 is 3.00 bits per heavy atom. The minimum absolute atomic E-state index is 0.134. The van der Waals surface area contributed by atoms with Gasteiger partial charge in [0.25, 0.3) is 0 Å². The Kier molecular flexibility index (Phi) is 2.79. The quantitative estimate of drug-likeness (QED) is 0.305. The van der Waals surface area contributed by atoms with E-state index in [-0.39, 0.29) is 30.2 Å². The largest absolute Gasteiger partial charge is 0.454 e. The Morgan fingerprint density at radius 2 is 2.22 bits per heavy atom. The van der Waals surface area contributed by atoms with E-state index in [0.29, 0.717) is 12.0 Å². The molecular formula is C14H18O4. The van der Waals surface area contributed by atoms with Gasteiger partial charge in [0.2, 0.25) is 0 Å². The van der Waals surface area contributed by atoms with Crippen molar-refractivity contribution in [2.75, 3.05) is 0 Å². The number of fused-ring (bicyclic) bond motifs is 2. The van der Waals surface area contributed by atoms with Crippen LogP contribution in [0.3, 0.4) is 0 Å². The zero-order valence-electron chi connectivity index (χ0n) is 10.5. The number of carbonyl (C=O) groups is 1. The van der Waals surface area contributed by atoms with Gasteiger partial charge in [0.05, 0.1) is 24.2 Å². The fraction of sp³-hybridized carbons (Fsp3) is 0.643. The van der Waals surface area contributed by atoms with Crippen molar-refractivity contribution >= 4 is 5.97 Å². The van der Waals surface area contributed by atoms with Crippen LogP contribution in [0.25, 0.3) is 0 Å². The molecular weight excluding hydrogens is 232 g/mol. The van der Waals surface area contributed by atoms with Crippen molar-refractivity contribution in [3.05, 3.63) is 23.8 Å². The molecule has 3 aliphatic rings. The Balaban J connectivity index is 1.89. The molecule has 2 heterocycles. The highest BCUT2D eigenvalue weighted by atomic mass is 16.6. The topological polar surface area (TPSA) is 59.1 Å². The lowest BCUT2D eigenvalue weighted by Crippen LogP contribution is -2.30. The number of aliphatic hydroxyl groups excluding tert-OH is 1. The summed E-state index contributed by atoms with van der Waals surface area (Å²) >= 11 is 0. The summed E-state index contributed by atoms with van der Waals surface area (Å²) < 4.78 is 10.8. The lowest BCUT2D eigenvalue weighted by molar-refractivity contribution is -0.137. The molecule has 5 atom stereocenters. The van der Waals surface area contributed by atoms with Crippen molar-refractivity contribution in [3.8, 4) is 0 Å². The first-order chi connectivity index (χ1) is 8.56. The minimum atomic E-state index is -0.619. The van der Waals surface area contributed by atoms with Crippen LogP contribution in [-0.4, -0.2) is 35.5 Å². The Labute approximate surface area is 106 Å². The Hall–Kier alpha value is -1.13. The van der Waals surface area contributed by atoms with Crippen LogP contribution < -0.4 is 0 Å². The number of esters is 1. The van der Waals surface area contributed by atoms with E-state index in [1.54, 1.807) is 0 Å². The summed E-state index contributed by atoms with van der Waals surface area (Å²) in [6.45, 7) is 5.78. The van der Waals surface area contributed by atoms with Crippen LogP contribution in [0.4, 0.5) is 0 Å². The van der Waals surface area contributed by atoms with Crippen molar-refractivity contribution in [2.24, 2.45) is 5.92 Å². The van der Waals surface area contributed by atoms with Crippen LogP contribution in [0.15, 0.2) is 23.8 Å². The number of carbonyl (C=O) groups excluding carboxylic acids is 1. The number of aliphatic hydroxyl groups is 1. The van der Waals surface area contributed by atoms with Gasteiger partial charge in [-0.1, -0.05) is 12.2 Å². The van der Waals surface area contributed by atoms with Crippen LogP contribution in [0.5, 0.6) is 0 Å². The normalized spacial score (nSPS) is 46.6. The lowest BCUT2D eigenvalue weighted by Gasteiger charge is -2.21. The van der Waals surface area contributed by atoms with Gasteiger partial charge in [-0.15, -0.1) is 0 Å². The summed E-state index contributed by atoms with van der Waals surface area (Å²) in [7, 11) is 0. The summed E-state index contributed by atoms with van der Waals surface area (Å²) in [6, 6.07) is 0. The molecule has 98 valence electrons. The first-order valence-electron chi connectivity index (χ1n) is 6.47. The molecule has 3 rings (SSSR count). The van der Waals surface area contributed by atoms with Crippen molar-refractivity contribution in [2.45, 2.75) is 50.6 Å². The predicted octanol–water partition coefficient (Wildman–Crippen LogP) is 1.34.